The van der Waals surface area contributed by atoms with E-state index < -0.39 is 0 Å². The Balaban J connectivity index is 1.88. The van der Waals surface area contributed by atoms with Crippen LogP contribution in [-0.2, 0) is 0 Å². The highest BCUT2D eigenvalue weighted by atomic mass is 16.5. The largest absolute Gasteiger partial charge is 0.497 e. The second-order valence-electron chi connectivity index (χ2n) is 6.33. The first-order chi connectivity index (χ1) is 12.2. The van der Waals surface area contributed by atoms with Crippen molar-refractivity contribution in [1.82, 2.24) is 5.32 Å². The van der Waals surface area contributed by atoms with Gasteiger partial charge in [-0.1, -0.05) is 36.3 Å². The van der Waals surface area contributed by atoms with Crippen LogP contribution < -0.4 is 14.8 Å². The fourth-order valence-corrected chi connectivity index (χ4v) is 3.39. The van der Waals surface area contributed by atoms with Crippen molar-refractivity contribution < 1.29 is 14.7 Å². The lowest BCUT2D eigenvalue weighted by Gasteiger charge is -2.37. The van der Waals surface area contributed by atoms with E-state index in [1.165, 1.54) is 0 Å². The summed E-state index contributed by atoms with van der Waals surface area (Å²) in [5, 5.41) is 16.8. The van der Waals surface area contributed by atoms with E-state index in [0.29, 0.717) is 6.42 Å². The highest BCUT2D eigenvalue weighted by Gasteiger charge is 2.33. The predicted octanol–water partition coefficient (Wildman–Crippen LogP) is 3.95. The molecule has 2 N–H and O–H groups in total. The Morgan fingerprint density at radius 3 is 1.92 bits per heavy atom. The van der Waals surface area contributed by atoms with E-state index in [9.17, 15) is 5.21 Å². The Hall–Kier alpha value is -2.53. The van der Waals surface area contributed by atoms with Crippen molar-refractivity contribution in [2.24, 2.45) is 11.1 Å². The molecule has 0 spiro atoms. The van der Waals surface area contributed by atoms with Gasteiger partial charge in [0.25, 0.3) is 0 Å². The van der Waals surface area contributed by atoms with E-state index in [-0.39, 0.29) is 18.0 Å². The van der Waals surface area contributed by atoms with Crippen molar-refractivity contribution in [2.75, 3.05) is 14.2 Å². The Morgan fingerprint density at radius 2 is 1.44 bits per heavy atom. The van der Waals surface area contributed by atoms with Crippen LogP contribution in [0.1, 0.15) is 36.6 Å². The van der Waals surface area contributed by atoms with Gasteiger partial charge in [-0.15, -0.1) is 0 Å². The summed E-state index contributed by atoms with van der Waals surface area (Å²) in [7, 11) is 3.32. The number of nitrogens with one attached hydrogen (secondary N) is 1. The van der Waals surface area contributed by atoms with Gasteiger partial charge >= 0.3 is 0 Å². The topological polar surface area (TPSA) is 63.1 Å². The van der Waals surface area contributed by atoms with Crippen molar-refractivity contribution in [3.8, 4) is 11.5 Å². The Labute approximate surface area is 148 Å². The fourth-order valence-electron chi connectivity index (χ4n) is 3.39. The van der Waals surface area contributed by atoms with Crippen LogP contribution in [0.5, 0.6) is 11.5 Å². The van der Waals surface area contributed by atoms with Gasteiger partial charge in [0.2, 0.25) is 0 Å². The van der Waals surface area contributed by atoms with Gasteiger partial charge < -0.3 is 20.0 Å². The van der Waals surface area contributed by atoms with Gasteiger partial charge in [0.05, 0.1) is 19.9 Å². The maximum absolute atomic E-state index is 9.48. The summed E-state index contributed by atoms with van der Waals surface area (Å²) in [5.74, 6) is 1.76. The number of piperidine rings is 1. The highest BCUT2D eigenvalue weighted by molar-refractivity contribution is 5.88. The summed E-state index contributed by atoms with van der Waals surface area (Å²) in [5.41, 5.74) is 3.10. The molecule has 2 aromatic carbocycles. The Morgan fingerprint density at radius 1 is 0.920 bits per heavy atom. The SMILES string of the molecule is COc1ccc(C2CC(=NO)C(C)C(c3ccc(OC)cc3)N2)cc1. The first kappa shape index (κ1) is 17.3. The number of hydrogen-bond donors (Lipinski definition) is 2. The van der Waals surface area contributed by atoms with Crippen LogP contribution >= 0.6 is 0 Å². The van der Waals surface area contributed by atoms with Crippen molar-refractivity contribution in [3.63, 3.8) is 0 Å². The molecule has 3 atom stereocenters. The zero-order valence-corrected chi connectivity index (χ0v) is 14.8. The molecule has 0 aromatic heterocycles. The van der Waals surface area contributed by atoms with Gasteiger partial charge in [0, 0.05) is 24.4 Å². The van der Waals surface area contributed by atoms with E-state index in [1.807, 2.05) is 36.4 Å². The van der Waals surface area contributed by atoms with Gasteiger partial charge in [-0.05, 0) is 35.4 Å². The normalized spacial score (nSPS) is 24.9. The third kappa shape index (κ3) is 3.61. The molecular formula is C20H24N2O3. The van der Waals surface area contributed by atoms with Crippen molar-refractivity contribution >= 4 is 5.71 Å². The number of rotatable bonds is 4. The minimum Gasteiger partial charge on any atom is -0.497 e. The molecule has 1 heterocycles. The zero-order valence-electron chi connectivity index (χ0n) is 14.8. The minimum absolute atomic E-state index is 0.0673. The number of ether oxygens (including phenoxy) is 2. The van der Waals surface area contributed by atoms with Gasteiger partial charge in [-0.3, -0.25) is 0 Å². The molecule has 0 saturated carbocycles. The van der Waals surface area contributed by atoms with E-state index >= 15 is 0 Å². The van der Waals surface area contributed by atoms with Gasteiger partial charge in [-0.25, -0.2) is 0 Å². The molecule has 1 fully saturated rings. The average molecular weight is 340 g/mol. The van der Waals surface area contributed by atoms with Crippen LogP contribution in [-0.4, -0.2) is 25.1 Å². The molecule has 25 heavy (non-hydrogen) atoms. The Kier molecular flexibility index (Phi) is 5.24. The monoisotopic (exact) mass is 340 g/mol. The minimum atomic E-state index is 0.0673. The molecule has 5 nitrogen and oxygen atoms in total. The van der Waals surface area contributed by atoms with Gasteiger partial charge in [0.15, 0.2) is 0 Å². The first-order valence-electron chi connectivity index (χ1n) is 8.41. The number of benzene rings is 2. The second-order valence-corrected chi connectivity index (χ2v) is 6.33. The van der Waals surface area contributed by atoms with Crippen LogP contribution in [0, 0.1) is 5.92 Å². The molecular weight excluding hydrogens is 316 g/mol. The zero-order chi connectivity index (χ0) is 17.8. The predicted molar refractivity (Wildman–Crippen MR) is 97.6 cm³/mol. The Bertz CT molecular complexity index is 726. The molecule has 0 radical (unpaired) electrons. The van der Waals surface area contributed by atoms with E-state index in [1.54, 1.807) is 14.2 Å². The van der Waals surface area contributed by atoms with Crippen LogP contribution in [0.25, 0.3) is 0 Å². The number of oxime groups is 1. The van der Waals surface area contributed by atoms with E-state index in [0.717, 1.165) is 28.3 Å². The summed E-state index contributed by atoms with van der Waals surface area (Å²) in [6, 6.07) is 16.2. The van der Waals surface area contributed by atoms with Gasteiger partial charge in [0.1, 0.15) is 11.5 Å². The molecule has 132 valence electrons. The molecule has 5 heteroatoms. The van der Waals surface area contributed by atoms with E-state index in [2.05, 4.69) is 29.5 Å². The van der Waals surface area contributed by atoms with Crippen LogP contribution in [0.3, 0.4) is 0 Å². The average Bonchev–Trinajstić information content (AvgIpc) is 2.68. The van der Waals surface area contributed by atoms with Crippen LogP contribution in [0.4, 0.5) is 0 Å². The molecule has 3 unspecified atom stereocenters. The summed E-state index contributed by atoms with van der Waals surface area (Å²) in [4.78, 5) is 0. The highest BCUT2D eigenvalue weighted by Crippen LogP contribution is 2.36. The third-order valence-corrected chi connectivity index (χ3v) is 4.94. The number of hydrogen-bond acceptors (Lipinski definition) is 5. The summed E-state index contributed by atoms with van der Waals surface area (Å²) in [6.07, 6.45) is 0.677. The quantitative estimate of drug-likeness (QED) is 0.653. The molecule has 0 bridgehead atoms. The number of methoxy groups -OCH3 is 2. The molecule has 1 aliphatic heterocycles. The summed E-state index contributed by atoms with van der Waals surface area (Å²) < 4.78 is 10.5. The lowest BCUT2D eigenvalue weighted by Crippen LogP contribution is -2.41. The molecule has 1 saturated heterocycles. The molecule has 3 rings (SSSR count). The smallest absolute Gasteiger partial charge is 0.118 e. The molecule has 0 amide bonds. The standard InChI is InChI=1S/C20H24N2O3/c1-13-18(22-23)12-19(14-4-8-16(24-2)9-5-14)21-20(13)15-6-10-17(25-3)11-7-15/h4-11,13,19-21,23H,12H2,1-3H3. The molecule has 1 aliphatic rings. The maximum atomic E-state index is 9.48. The van der Waals surface area contributed by atoms with Crippen LogP contribution in [0.15, 0.2) is 53.7 Å². The molecule has 2 aromatic rings. The number of nitrogens with zero attached hydrogens (tertiary/aromatic N) is 1. The molecule has 0 aliphatic carbocycles. The third-order valence-electron chi connectivity index (χ3n) is 4.94. The summed E-state index contributed by atoms with van der Waals surface area (Å²) >= 11 is 0. The van der Waals surface area contributed by atoms with Crippen molar-refractivity contribution in [2.45, 2.75) is 25.4 Å². The van der Waals surface area contributed by atoms with Crippen molar-refractivity contribution in [3.05, 3.63) is 59.7 Å². The lowest BCUT2D eigenvalue weighted by molar-refractivity contribution is 0.294. The maximum Gasteiger partial charge on any atom is 0.118 e. The second kappa shape index (κ2) is 7.57. The summed E-state index contributed by atoms with van der Waals surface area (Å²) in [6.45, 7) is 2.08. The fraction of sp³-hybridized carbons (Fsp3) is 0.350. The lowest BCUT2D eigenvalue weighted by atomic mass is 9.81. The van der Waals surface area contributed by atoms with E-state index in [4.69, 9.17) is 9.47 Å². The van der Waals surface area contributed by atoms with Crippen LogP contribution in [0.2, 0.25) is 0 Å². The first-order valence-corrected chi connectivity index (χ1v) is 8.41. The van der Waals surface area contributed by atoms with Gasteiger partial charge in [-0.2, -0.15) is 0 Å². The van der Waals surface area contributed by atoms with Crippen molar-refractivity contribution in [1.29, 1.82) is 0 Å².